The largest absolute Gasteiger partial charge is 0.490 e. The van der Waals surface area contributed by atoms with Crippen LogP contribution >= 0.6 is 0 Å². The number of halogens is 4. The lowest BCUT2D eigenvalue weighted by atomic mass is 9.97. The quantitative estimate of drug-likeness (QED) is 0.411. The summed E-state index contributed by atoms with van der Waals surface area (Å²) < 4.78 is 46.5. The lowest BCUT2D eigenvalue weighted by molar-refractivity contribution is -0.192. The predicted molar refractivity (Wildman–Crippen MR) is 152 cm³/mol. The Kier molecular flexibility index (Phi) is 9.85. The summed E-state index contributed by atoms with van der Waals surface area (Å²) in [7, 11) is 0. The number of carbonyl (C=O) groups excluding carboxylic acids is 2. The highest BCUT2D eigenvalue weighted by molar-refractivity contribution is 5.97. The normalized spacial score (nSPS) is 18.5. The number of carboxylic acids is 1. The molecule has 2 amide bonds. The monoisotopic (exact) mass is 616 g/mol. The van der Waals surface area contributed by atoms with E-state index in [1.165, 1.54) is 22.6 Å². The topological polar surface area (TPSA) is 124 Å². The van der Waals surface area contributed by atoms with E-state index in [2.05, 4.69) is 22.3 Å². The average molecular weight is 617 g/mol. The molecule has 2 fully saturated rings. The maximum atomic E-state index is 14.7. The lowest BCUT2D eigenvalue weighted by Crippen LogP contribution is -2.55. The summed E-state index contributed by atoms with van der Waals surface area (Å²) in [6.07, 6.45) is -1.81. The second kappa shape index (κ2) is 13.4. The van der Waals surface area contributed by atoms with E-state index in [1.807, 2.05) is 30.0 Å². The minimum absolute atomic E-state index is 0.0468. The molecule has 2 aromatic carbocycles. The molecule has 2 atom stereocenters. The number of alkyl halides is 3. The Morgan fingerprint density at radius 3 is 2.34 bits per heavy atom. The first-order valence-corrected chi connectivity index (χ1v) is 14.0. The molecule has 3 aromatic rings. The SMILES string of the molecule is Cc1c(Cc2ccc(F)c(C(=O)N3CCN(C4CCC(c5ccccc5)C4)C(=O)C3)c2)n[nH]c(=O)c1C.O=C(O)C(F)(F)F. The van der Waals surface area contributed by atoms with Gasteiger partial charge in [0.05, 0.1) is 11.3 Å². The Bertz CT molecular complexity index is 1590. The molecule has 9 nitrogen and oxygen atoms in total. The molecular formula is C31H32F4N4O5. The predicted octanol–water partition coefficient (Wildman–Crippen LogP) is 4.37. The van der Waals surface area contributed by atoms with Crippen LogP contribution in [-0.4, -0.2) is 74.7 Å². The fourth-order valence-electron chi connectivity index (χ4n) is 5.57. The molecule has 1 saturated carbocycles. The fraction of sp³-hybridized carbons (Fsp3) is 0.387. The molecule has 2 unspecified atom stereocenters. The summed E-state index contributed by atoms with van der Waals surface area (Å²) in [6, 6.07) is 15.0. The van der Waals surface area contributed by atoms with Crippen molar-refractivity contribution in [1.29, 1.82) is 0 Å². The van der Waals surface area contributed by atoms with Crippen molar-refractivity contribution in [2.24, 2.45) is 0 Å². The number of hydrogen-bond donors (Lipinski definition) is 2. The highest BCUT2D eigenvalue weighted by Gasteiger charge is 2.38. The number of carbonyl (C=O) groups is 3. The third-order valence-electron chi connectivity index (χ3n) is 8.16. The Morgan fingerprint density at radius 1 is 1.02 bits per heavy atom. The van der Waals surface area contributed by atoms with Crippen molar-refractivity contribution in [2.75, 3.05) is 19.6 Å². The number of nitrogens with one attached hydrogen (secondary N) is 1. The standard InChI is InChI=1S/C29H31FN4O3.C2HF3O2/c1-18-19(2)28(36)32-31-26(18)15-20-8-11-25(30)24(14-20)29(37)33-12-13-34(27(35)17-33)23-10-9-22(16-23)21-6-4-3-5-7-21;3-2(4,5)1(6)7/h3-8,11,14,22-23H,9-10,12-13,15-17H2,1-2H3,(H,32,36);(H,6,7). The average Bonchev–Trinajstić information content (AvgIpc) is 3.48. The lowest BCUT2D eigenvalue weighted by Gasteiger charge is -2.38. The van der Waals surface area contributed by atoms with Crippen LogP contribution in [0.2, 0.25) is 0 Å². The number of aliphatic carboxylic acids is 1. The number of aromatic amines is 1. The van der Waals surface area contributed by atoms with Crippen molar-refractivity contribution >= 4 is 17.8 Å². The Balaban J connectivity index is 0.000000566. The number of benzene rings is 2. The van der Waals surface area contributed by atoms with Crippen molar-refractivity contribution < 1.29 is 37.1 Å². The summed E-state index contributed by atoms with van der Waals surface area (Å²) in [5.74, 6) is -3.50. The molecule has 0 spiro atoms. The first-order valence-electron chi connectivity index (χ1n) is 14.0. The van der Waals surface area contributed by atoms with Gasteiger partial charge >= 0.3 is 12.1 Å². The van der Waals surface area contributed by atoms with Gasteiger partial charge in [0.25, 0.3) is 11.5 Å². The molecule has 1 aromatic heterocycles. The van der Waals surface area contributed by atoms with Gasteiger partial charge in [-0.1, -0.05) is 36.4 Å². The molecule has 44 heavy (non-hydrogen) atoms. The third kappa shape index (κ3) is 7.50. The molecule has 234 valence electrons. The molecule has 2 aliphatic rings. The zero-order valence-corrected chi connectivity index (χ0v) is 24.2. The number of H-pyrrole nitrogens is 1. The minimum atomic E-state index is -5.08. The molecule has 1 aliphatic heterocycles. The van der Waals surface area contributed by atoms with E-state index in [4.69, 9.17) is 9.90 Å². The van der Waals surface area contributed by atoms with Crippen LogP contribution in [0.15, 0.2) is 53.3 Å². The van der Waals surface area contributed by atoms with E-state index in [1.54, 1.807) is 13.0 Å². The van der Waals surface area contributed by atoms with Crippen LogP contribution in [0.5, 0.6) is 0 Å². The zero-order valence-electron chi connectivity index (χ0n) is 24.2. The van der Waals surface area contributed by atoms with Gasteiger partial charge in [0, 0.05) is 31.1 Å². The zero-order chi connectivity index (χ0) is 32.2. The van der Waals surface area contributed by atoms with Crippen LogP contribution < -0.4 is 5.56 Å². The van der Waals surface area contributed by atoms with Crippen molar-refractivity contribution in [1.82, 2.24) is 20.0 Å². The second-order valence-corrected chi connectivity index (χ2v) is 10.9. The van der Waals surface area contributed by atoms with Crippen molar-refractivity contribution in [3.05, 3.63) is 98.2 Å². The maximum absolute atomic E-state index is 14.7. The molecule has 1 aliphatic carbocycles. The van der Waals surface area contributed by atoms with Crippen LogP contribution in [-0.2, 0) is 16.0 Å². The van der Waals surface area contributed by atoms with E-state index in [9.17, 15) is 31.9 Å². The van der Waals surface area contributed by atoms with Gasteiger partial charge in [0.15, 0.2) is 0 Å². The fourth-order valence-corrected chi connectivity index (χ4v) is 5.57. The Hall–Kier alpha value is -4.55. The van der Waals surface area contributed by atoms with Gasteiger partial charge in [-0.2, -0.15) is 18.3 Å². The van der Waals surface area contributed by atoms with Crippen LogP contribution in [0.3, 0.4) is 0 Å². The summed E-state index contributed by atoms with van der Waals surface area (Å²) in [5.41, 5.74) is 3.73. The molecule has 1 saturated heterocycles. The van der Waals surface area contributed by atoms with Crippen LogP contribution in [0.4, 0.5) is 17.6 Å². The number of carboxylic acid groups (broad SMARTS) is 1. The van der Waals surface area contributed by atoms with E-state index in [-0.39, 0.29) is 29.6 Å². The van der Waals surface area contributed by atoms with Crippen LogP contribution in [0.25, 0.3) is 0 Å². The Labute approximate surface area is 250 Å². The molecular weight excluding hydrogens is 584 g/mol. The second-order valence-electron chi connectivity index (χ2n) is 10.9. The molecule has 2 heterocycles. The van der Waals surface area contributed by atoms with Gasteiger partial charge < -0.3 is 14.9 Å². The van der Waals surface area contributed by atoms with E-state index in [0.29, 0.717) is 42.2 Å². The molecule has 2 N–H and O–H groups in total. The van der Waals surface area contributed by atoms with E-state index in [0.717, 1.165) is 24.8 Å². The number of piperazine rings is 1. The summed E-state index contributed by atoms with van der Waals surface area (Å²) in [4.78, 5) is 50.3. The summed E-state index contributed by atoms with van der Waals surface area (Å²) in [6.45, 7) is 4.33. The summed E-state index contributed by atoms with van der Waals surface area (Å²) >= 11 is 0. The van der Waals surface area contributed by atoms with Gasteiger partial charge in [0.2, 0.25) is 5.91 Å². The molecule has 5 rings (SSSR count). The highest BCUT2D eigenvalue weighted by atomic mass is 19.4. The molecule has 13 heteroatoms. The number of amides is 2. The van der Waals surface area contributed by atoms with Crippen molar-refractivity contribution in [2.45, 2.75) is 57.7 Å². The van der Waals surface area contributed by atoms with Gasteiger partial charge in [-0.25, -0.2) is 14.3 Å². The van der Waals surface area contributed by atoms with E-state index >= 15 is 0 Å². The first-order chi connectivity index (χ1) is 20.8. The first kappa shape index (κ1) is 32.4. The minimum Gasteiger partial charge on any atom is -0.475 e. The third-order valence-corrected chi connectivity index (χ3v) is 8.16. The van der Waals surface area contributed by atoms with Crippen molar-refractivity contribution in [3.63, 3.8) is 0 Å². The van der Waals surface area contributed by atoms with Gasteiger partial charge in [0.1, 0.15) is 12.4 Å². The number of hydrogen-bond acceptors (Lipinski definition) is 5. The number of aromatic nitrogens is 2. The van der Waals surface area contributed by atoms with Gasteiger partial charge in [-0.15, -0.1) is 0 Å². The smallest absolute Gasteiger partial charge is 0.475 e. The maximum Gasteiger partial charge on any atom is 0.490 e. The molecule has 0 bridgehead atoms. The number of nitrogens with zero attached hydrogens (tertiary/aromatic N) is 3. The van der Waals surface area contributed by atoms with Crippen molar-refractivity contribution in [3.8, 4) is 0 Å². The van der Waals surface area contributed by atoms with Gasteiger partial charge in [-0.3, -0.25) is 14.4 Å². The summed E-state index contributed by atoms with van der Waals surface area (Å²) in [5, 5.41) is 13.7. The van der Waals surface area contributed by atoms with E-state index < -0.39 is 23.9 Å². The van der Waals surface area contributed by atoms with Crippen LogP contribution in [0.1, 0.15) is 63.5 Å². The Morgan fingerprint density at radius 2 is 1.70 bits per heavy atom. The number of rotatable bonds is 5. The molecule has 0 radical (unpaired) electrons. The van der Waals surface area contributed by atoms with Crippen LogP contribution in [0, 0.1) is 19.7 Å². The highest BCUT2D eigenvalue weighted by Crippen LogP contribution is 2.37. The van der Waals surface area contributed by atoms with Gasteiger partial charge in [-0.05, 0) is 67.9 Å².